The third-order valence-electron chi connectivity index (χ3n) is 6.05. The number of ether oxygens (including phenoxy) is 3. The Balaban J connectivity index is 1.38. The van der Waals surface area contributed by atoms with E-state index in [4.69, 9.17) is 31.5 Å². The molecule has 0 fully saturated rings. The Bertz CT molecular complexity index is 1580. The molecular weight excluding hydrogens is 507 g/mol. The molecule has 0 radical (unpaired) electrons. The Morgan fingerprint density at radius 3 is 2.42 bits per heavy atom. The van der Waals surface area contributed by atoms with E-state index in [-0.39, 0.29) is 29.6 Å². The van der Waals surface area contributed by atoms with Gasteiger partial charge in [-0.2, -0.15) is 5.26 Å². The monoisotopic (exact) mass is 526 g/mol. The van der Waals surface area contributed by atoms with E-state index < -0.39 is 11.9 Å². The molecule has 1 aliphatic heterocycles. The molecule has 188 valence electrons. The van der Waals surface area contributed by atoms with Crippen LogP contribution in [0.25, 0.3) is 0 Å². The molecule has 6 nitrogen and oxygen atoms in total. The van der Waals surface area contributed by atoms with Gasteiger partial charge in [-0.05, 0) is 54.1 Å². The van der Waals surface area contributed by atoms with Gasteiger partial charge < -0.3 is 19.9 Å². The third-order valence-corrected chi connectivity index (χ3v) is 6.30. The van der Waals surface area contributed by atoms with Crippen molar-refractivity contribution in [2.24, 2.45) is 5.73 Å². The van der Waals surface area contributed by atoms with Crippen LogP contribution in [0, 0.1) is 17.1 Å². The van der Waals surface area contributed by atoms with Crippen molar-refractivity contribution in [3.05, 3.63) is 136 Å². The number of benzene rings is 4. The second-order valence-electron chi connectivity index (χ2n) is 8.47. The van der Waals surface area contributed by atoms with Crippen molar-refractivity contribution in [1.29, 1.82) is 5.26 Å². The Morgan fingerprint density at radius 1 is 1.00 bits per heavy atom. The quantitative estimate of drug-likeness (QED) is 0.228. The summed E-state index contributed by atoms with van der Waals surface area (Å²) in [6.45, 7) is 0.0833. The van der Waals surface area contributed by atoms with Crippen molar-refractivity contribution in [3.8, 4) is 23.3 Å². The van der Waals surface area contributed by atoms with Gasteiger partial charge in [-0.3, -0.25) is 0 Å². The molecule has 0 amide bonds. The molecule has 2 N–H and O–H groups in total. The smallest absolute Gasteiger partial charge is 0.343 e. The number of nitrogens with zero attached hydrogens (tertiary/aromatic N) is 1. The minimum absolute atomic E-state index is 0.0361. The molecule has 0 saturated heterocycles. The SMILES string of the molecule is N#CC1=C(N)Oc2cc(OC(=O)c3ccc(Cl)cc3)ccc2C1c1ccc(OCc2ccccc2F)cc1. The van der Waals surface area contributed by atoms with Gasteiger partial charge in [-0.25, -0.2) is 9.18 Å². The Hall–Kier alpha value is -4.80. The summed E-state index contributed by atoms with van der Waals surface area (Å²) in [6, 6.07) is 27.0. The first-order chi connectivity index (χ1) is 18.4. The number of halogens is 2. The first-order valence-corrected chi connectivity index (χ1v) is 12.0. The molecule has 0 bridgehead atoms. The van der Waals surface area contributed by atoms with E-state index in [1.807, 2.05) is 12.1 Å². The van der Waals surface area contributed by atoms with E-state index >= 15 is 0 Å². The molecular formula is C30H20ClFN2O4. The van der Waals surface area contributed by atoms with Crippen molar-refractivity contribution in [2.45, 2.75) is 12.5 Å². The van der Waals surface area contributed by atoms with E-state index in [1.54, 1.807) is 72.8 Å². The molecule has 38 heavy (non-hydrogen) atoms. The van der Waals surface area contributed by atoms with Crippen LogP contribution in [0.15, 0.2) is 102 Å². The molecule has 0 aliphatic carbocycles. The molecule has 0 aromatic heterocycles. The number of nitriles is 1. The fourth-order valence-corrected chi connectivity index (χ4v) is 4.25. The van der Waals surface area contributed by atoms with Gasteiger partial charge in [0.2, 0.25) is 5.88 Å². The number of hydrogen-bond acceptors (Lipinski definition) is 6. The average Bonchev–Trinajstić information content (AvgIpc) is 2.92. The summed E-state index contributed by atoms with van der Waals surface area (Å²) >= 11 is 5.88. The minimum atomic E-state index is -0.554. The zero-order valence-corrected chi connectivity index (χ0v) is 20.6. The normalized spacial score (nSPS) is 14.2. The van der Waals surface area contributed by atoms with Gasteiger partial charge in [0, 0.05) is 22.2 Å². The molecule has 1 unspecified atom stereocenters. The average molecular weight is 527 g/mol. The van der Waals surface area contributed by atoms with Gasteiger partial charge in [0.05, 0.1) is 11.5 Å². The van der Waals surface area contributed by atoms with Gasteiger partial charge in [-0.1, -0.05) is 48.0 Å². The van der Waals surface area contributed by atoms with E-state index in [9.17, 15) is 14.4 Å². The third kappa shape index (κ3) is 5.17. The molecule has 4 aromatic carbocycles. The van der Waals surface area contributed by atoms with Crippen LogP contribution < -0.4 is 19.9 Å². The Kier molecular flexibility index (Phi) is 6.98. The molecule has 8 heteroatoms. The predicted octanol–water partition coefficient (Wildman–Crippen LogP) is 6.50. The lowest BCUT2D eigenvalue weighted by Gasteiger charge is -2.26. The maximum Gasteiger partial charge on any atom is 0.343 e. The zero-order valence-electron chi connectivity index (χ0n) is 19.9. The van der Waals surface area contributed by atoms with E-state index in [1.165, 1.54) is 6.07 Å². The summed E-state index contributed by atoms with van der Waals surface area (Å²) < 4.78 is 30.8. The van der Waals surface area contributed by atoms with E-state index in [0.29, 0.717) is 33.2 Å². The maximum absolute atomic E-state index is 13.9. The number of carbonyl (C=O) groups is 1. The van der Waals surface area contributed by atoms with Crippen molar-refractivity contribution in [3.63, 3.8) is 0 Å². The predicted molar refractivity (Wildman–Crippen MR) is 139 cm³/mol. The number of fused-ring (bicyclic) bond motifs is 1. The van der Waals surface area contributed by atoms with Gasteiger partial charge in [-0.15, -0.1) is 0 Å². The lowest BCUT2D eigenvalue weighted by Crippen LogP contribution is -2.21. The molecule has 1 aliphatic rings. The minimum Gasteiger partial charge on any atom is -0.489 e. The van der Waals surface area contributed by atoms with Crippen molar-refractivity contribution < 1.29 is 23.4 Å². The standard InChI is InChI=1S/C30H20ClFN2O4/c31-21-9-5-19(6-10-21)30(35)37-23-13-14-24-27(15-23)38-29(34)25(16-33)28(24)18-7-11-22(12-8-18)36-17-20-3-1-2-4-26(20)32/h1-15,28H,17,34H2. The largest absolute Gasteiger partial charge is 0.489 e. The lowest BCUT2D eigenvalue weighted by atomic mass is 9.83. The first-order valence-electron chi connectivity index (χ1n) is 11.6. The van der Waals surface area contributed by atoms with Crippen LogP contribution in [0.3, 0.4) is 0 Å². The fraction of sp³-hybridized carbons (Fsp3) is 0.0667. The highest BCUT2D eigenvalue weighted by Crippen LogP contribution is 2.43. The number of hydrogen-bond donors (Lipinski definition) is 1. The van der Waals surface area contributed by atoms with Gasteiger partial charge >= 0.3 is 5.97 Å². The van der Waals surface area contributed by atoms with E-state index in [2.05, 4.69) is 6.07 Å². The topological polar surface area (TPSA) is 94.6 Å². The van der Waals surface area contributed by atoms with Crippen LogP contribution in [0.1, 0.15) is 33.0 Å². The number of rotatable bonds is 6. The highest BCUT2D eigenvalue weighted by molar-refractivity contribution is 6.30. The van der Waals surface area contributed by atoms with Gasteiger partial charge in [0.15, 0.2) is 0 Å². The van der Waals surface area contributed by atoms with Crippen LogP contribution in [-0.2, 0) is 6.61 Å². The molecule has 1 heterocycles. The maximum atomic E-state index is 13.9. The molecule has 0 saturated carbocycles. The zero-order chi connectivity index (χ0) is 26.6. The number of esters is 1. The molecule has 5 rings (SSSR count). The van der Waals surface area contributed by atoms with Crippen molar-refractivity contribution in [1.82, 2.24) is 0 Å². The van der Waals surface area contributed by atoms with Crippen LogP contribution in [-0.4, -0.2) is 5.97 Å². The highest BCUT2D eigenvalue weighted by Gasteiger charge is 2.31. The number of allylic oxidation sites excluding steroid dienone is 1. The van der Waals surface area contributed by atoms with Crippen LogP contribution in [0.4, 0.5) is 4.39 Å². The second-order valence-corrected chi connectivity index (χ2v) is 8.91. The molecule has 4 aromatic rings. The second kappa shape index (κ2) is 10.7. The van der Waals surface area contributed by atoms with E-state index in [0.717, 1.165) is 5.56 Å². The number of nitrogens with two attached hydrogens (primary N) is 1. The fourth-order valence-electron chi connectivity index (χ4n) is 4.13. The summed E-state index contributed by atoms with van der Waals surface area (Å²) in [5.41, 5.74) is 8.60. The summed E-state index contributed by atoms with van der Waals surface area (Å²) in [6.07, 6.45) is 0. The summed E-state index contributed by atoms with van der Waals surface area (Å²) in [5, 5.41) is 10.3. The highest BCUT2D eigenvalue weighted by atomic mass is 35.5. The van der Waals surface area contributed by atoms with Crippen LogP contribution >= 0.6 is 11.6 Å². The summed E-state index contributed by atoms with van der Waals surface area (Å²) in [5.74, 6) is -0.261. The van der Waals surface area contributed by atoms with Crippen LogP contribution in [0.5, 0.6) is 17.2 Å². The van der Waals surface area contributed by atoms with Gasteiger partial charge in [0.1, 0.15) is 41.3 Å². The first kappa shape index (κ1) is 24.9. The number of carbonyl (C=O) groups excluding carboxylic acids is 1. The molecule has 1 atom stereocenters. The van der Waals surface area contributed by atoms with Crippen LogP contribution in [0.2, 0.25) is 5.02 Å². The van der Waals surface area contributed by atoms with Crippen molar-refractivity contribution in [2.75, 3.05) is 0 Å². The Labute approximate surface area is 223 Å². The summed E-state index contributed by atoms with van der Waals surface area (Å²) in [4.78, 5) is 12.5. The lowest BCUT2D eigenvalue weighted by molar-refractivity contribution is 0.0734. The summed E-state index contributed by atoms with van der Waals surface area (Å²) in [7, 11) is 0. The van der Waals surface area contributed by atoms with Gasteiger partial charge in [0.25, 0.3) is 0 Å². The Morgan fingerprint density at radius 2 is 1.71 bits per heavy atom. The molecule has 0 spiro atoms. The van der Waals surface area contributed by atoms with Crippen molar-refractivity contribution >= 4 is 17.6 Å².